The predicted octanol–water partition coefficient (Wildman–Crippen LogP) is -1.14. The minimum Gasteiger partial charge on any atom is -0.478 e. The van der Waals surface area contributed by atoms with Crippen LogP contribution in [-0.4, -0.2) is 58.3 Å². The molecular formula is C8H6N4O4. The van der Waals surface area contributed by atoms with Gasteiger partial charge in [0, 0.05) is 24.9 Å². The molecule has 8 heteroatoms. The van der Waals surface area contributed by atoms with Gasteiger partial charge in [0.1, 0.15) is 0 Å². The van der Waals surface area contributed by atoms with E-state index in [1.165, 1.54) is 0 Å². The first-order valence-corrected chi connectivity index (χ1v) is 4.20. The van der Waals surface area contributed by atoms with Gasteiger partial charge in [0.05, 0.1) is 0 Å². The summed E-state index contributed by atoms with van der Waals surface area (Å²) < 4.78 is 0. The molecule has 0 aromatic heterocycles. The number of carboxylic acid groups (broad SMARTS) is 2. The van der Waals surface area contributed by atoms with Gasteiger partial charge in [-0.15, -0.1) is 0 Å². The molecule has 0 unspecified atom stereocenters. The SMILES string of the molecule is O=C(O)C1(C2(C(=O)O)N=CC=N2)N=CC=N1. The number of rotatable bonds is 3. The number of aliphatic carboxylic acids is 2. The fraction of sp³-hybridized carbons (Fsp3) is 0.250. The van der Waals surface area contributed by atoms with Crippen molar-refractivity contribution in [1.82, 2.24) is 0 Å². The summed E-state index contributed by atoms with van der Waals surface area (Å²) in [6.07, 6.45) is 4.45. The molecule has 2 rings (SSSR count). The molecule has 2 N–H and O–H groups in total. The van der Waals surface area contributed by atoms with Crippen LogP contribution in [0, 0.1) is 0 Å². The molecule has 0 aromatic carbocycles. The van der Waals surface area contributed by atoms with E-state index >= 15 is 0 Å². The summed E-state index contributed by atoms with van der Waals surface area (Å²) in [5.74, 6) is -3.03. The lowest BCUT2D eigenvalue weighted by Gasteiger charge is -2.29. The largest absolute Gasteiger partial charge is 0.478 e. The second-order valence-corrected chi connectivity index (χ2v) is 3.07. The fourth-order valence-electron chi connectivity index (χ4n) is 1.51. The van der Waals surface area contributed by atoms with Gasteiger partial charge in [-0.25, -0.2) is 29.6 Å². The lowest BCUT2D eigenvalue weighted by atomic mass is 9.95. The Morgan fingerprint density at radius 2 is 1.00 bits per heavy atom. The normalized spacial score (nSPS) is 22.8. The highest BCUT2D eigenvalue weighted by Crippen LogP contribution is 2.36. The van der Waals surface area contributed by atoms with Gasteiger partial charge >= 0.3 is 23.3 Å². The van der Waals surface area contributed by atoms with Crippen LogP contribution in [0.15, 0.2) is 20.0 Å². The first-order chi connectivity index (χ1) is 7.55. The number of nitrogens with zero attached hydrogens (tertiary/aromatic N) is 4. The number of hydrogen-bond donors (Lipinski definition) is 2. The van der Waals surface area contributed by atoms with E-state index in [9.17, 15) is 9.59 Å². The molecule has 2 heterocycles. The van der Waals surface area contributed by atoms with E-state index in [4.69, 9.17) is 10.2 Å². The molecule has 0 amide bonds. The van der Waals surface area contributed by atoms with E-state index in [1.54, 1.807) is 0 Å². The van der Waals surface area contributed by atoms with Crippen molar-refractivity contribution in [1.29, 1.82) is 0 Å². The molecule has 0 atom stereocenters. The van der Waals surface area contributed by atoms with Crippen LogP contribution < -0.4 is 0 Å². The third-order valence-electron chi connectivity index (χ3n) is 2.26. The van der Waals surface area contributed by atoms with Crippen molar-refractivity contribution in [3.8, 4) is 0 Å². The molecule has 0 aromatic rings. The van der Waals surface area contributed by atoms with Gasteiger partial charge in [0.15, 0.2) is 0 Å². The topological polar surface area (TPSA) is 124 Å². The van der Waals surface area contributed by atoms with Gasteiger partial charge in [-0.2, -0.15) is 0 Å². The first kappa shape index (κ1) is 10.1. The maximum Gasteiger partial charge on any atom is 0.359 e. The van der Waals surface area contributed by atoms with Gasteiger partial charge in [-0.05, 0) is 0 Å². The lowest BCUT2D eigenvalue weighted by molar-refractivity contribution is -0.156. The highest BCUT2D eigenvalue weighted by atomic mass is 16.4. The summed E-state index contributed by atoms with van der Waals surface area (Å²) in [5.41, 5.74) is -4.50. The highest BCUT2D eigenvalue weighted by molar-refractivity contribution is 6.22. The van der Waals surface area contributed by atoms with Crippen LogP contribution in [0.1, 0.15) is 0 Å². The number of aliphatic imine (C=N–C) groups is 4. The molecular weight excluding hydrogens is 216 g/mol. The van der Waals surface area contributed by atoms with E-state index in [0.717, 1.165) is 24.9 Å². The predicted molar refractivity (Wildman–Crippen MR) is 54.7 cm³/mol. The Morgan fingerprint density at radius 3 is 1.19 bits per heavy atom. The van der Waals surface area contributed by atoms with Crippen LogP contribution in [0.2, 0.25) is 0 Å². The molecule has 0 aliphatic carbocycles. The van der Waals surface area contributed by atoms with E-state index in [0.29, 0.717) is 0 Å². The third-order valence-corrected chi connectivity index (χ3v) is 2.26. The van der Waals surface area contributed by atoms with Crippen LogP contribution in [0.5, 0.6) is 0 Å². The lowest BCUT2D eigenvalue weighted by Crippen LogP contribution is -2.57. The monoisotopic (exact) mass is 222 g/mol. The molecule has 0 fully saturated rings. The van der Waals surface area contributed by atoms with Crippen molar-refractivity contribution >= 4 is 36.8 Å². The van der Waals surface area contributed by atoms with Crippen LogP contribution in [-0.2, 0) is 9.59 Å². The number of carboxylic acids is 2. The summed E-state index contributed by atoms with van der Waals surface area (Å²) in [7, 11) is 0. The Bertz CT molecular complexity index is 408. The van der Waals surface area contributed by atoms with Crippen molar-refractivity contribution in [2.24, 2.45) is 20.0 Å². The molecule has 0 saturated carbocycles. The quantitative estimate of drug-likeness (QED) is 0.626. The Balaban J connectivity index is 2.64. The van der Waals surface area contributed by atoms with Crippen molar-refractivity contribution in [3.05, 3.63) is 0 Å². The zero-order valence-electron chi connectivity index (χ0n) is 7.81. The van der Waals surface area contributed by atoms with Crippen LogP contribution >= 0.6 is 0 Å². The van der Waals surface area contributed by atoms with Gasteiger partial charge in [-0.1, -0.05) is 0 Å². The summed E-state index contributed by atoms with van der Waals surface area (Å²) >= 11 is 0. The van der Waals surface area contributed by atoms with Gasteiger partial charge < -0.3 is 10.2 Å². The fourth-order valence-corrected chi connectivity index (χ4v) is 1.51. The zero-order valence-corrected chi connectivity index (χ0v) is 7.81. The molecule has 0 radical (unpaired) electrons. The van der Waals surface area contributed by atoms with Crippen molar-refractivity contribution < 1.29 is 19.8 Å². The average Bonchev–Trinajstić information content (AvgIpc) is 2.88. The number of hydrogen-bond acceptors (Lipinski definition) is 6. The Morgan fingerprint density at radius 1 is 0.750 bits per heavy atom. The van der Waals surface area contributed by atoms with Crippen LogP contribution in [0.4, 0.5) is 0 Å². The van der Waals surface area contributed by atoms with Crippen LogP contribution in [0.3, 0.4) is 0 Å². The molecule has 8 nitrogen and oxygen atoms in total. The molecule has 2 aliphatic heterocycles. The van der Waals surface area contributed by atoms with Crippen molar-refractivity contribution in [3.63, 3.8) is 0 Å². The molecule has 0 saturated heterocycles. The van der Waals surface area contributed by atoms with Gasteiger partial charge in [0.25, 0.3) is 0 Å². The van der Waals surface area contributed by atoms with Crippen molar-refractivity contribution in [2.45, 2.75) is 11.3 Å². The second kappa shape index (κ2) is 3.05. The molecule has 16 heavy (non-hydrogen) atoms. The summed E-state index contributed by atoms with van der Waals surface area (Å²) in [5, 5.41) is 18.2. The minimum atomic E-state index is -2.25. The molecule has 0 spiro atoms. The summed E-state index contributed by atoms with van der Waals surface area (Å²) in [6.45, 7) is 0. The average molecular weight is 222 g/mol. The first-order valence-electron chi connectivity index (χ1n) is 4.20. The zero-order chi connectivity index (χ0) is 11.8. The maximum absolute atomic E-state index is 11.2. The highest BCUT2D eigenvalue weighted by Gasteiger charge is 2.65. The molecule has 2 aliphatic rings. The molecule has 0 bridgehead atoms. The second-order valence-electron chi connectivity index (χ2n) is 3.07. The van der Waals surface area contributed by atoms with Crippen molar-refractivity contribution in [2.75, 3.05) is 0 Å². The Hall–Kier alpha value is -2.38. The summed E-state index contributed by atoms with van der Waals surface area (Å²) in [6, 6.07) is 0. The van der Waals surface area contributed by atoms with E-state index in [1.807, 2.05) is 0 Å². The van der Waals surface area contributed by atoms with E-state index in [-0.39, 0.29) is 0 Å². The Labute approximate surface area is 88.8 Å². The maximum atomic E-state index is 11.2. The smallest absolute Gasteiger partial charge is 0.359 e. The standard InChI is InChI=1S/C8H6N4O4/c13-5(14)7(9-1-2-10-7)8(6(15)16)11-3-4-12-8/h1-4H,(H,13,14)(H,15,16). The minimum absolute atomic E-state index is 1.11. The third kappa shape index (κ3) is 0.977. The van der Waals surface area contributed by atoms with Gasteiger partial charge in [-0.3, -0.25) is 0 Å². The van der Waals surface area contributed by atoms with Gasteiger partial charge in [0.2, 0.25) is 0 Å². The van der Waals surface area contributed by atoms with Crippen LogP contribution in [0.25, 0.3) is 0 Å². The Kier molecular flexibility index (Phi) is 1.94. The number of carbonyl (C=O) groups is 2. The summed E-state index contributed by atoms with van der Waals surface area (Å²) in [4.78, 5) is 36.7. The van der Waals surface area contributed by atoms with E-state index in [2.05, 4.69) is 20.0 Å². The molecule has 82 valence electrons. The van der Waals surface area contributed by atoms with E-state index < -0.39 is 23.3 Å².